The van der Waals surface area contributed by atoms with E-state index in [0.29, 0.717) is 0 Å². The van der Waals surface area contributed by atoms with Crippen LogP contribution in [0.15, 0.2) is 121 Å². The van der Waals surface area contributed by atoms with E-state index in [1.54, 1.807) is 0 Å². The molecule has 326 valence electrons. The molecule has 2 aliphatic carbocycles. The van der Waals surface area contributed by atoms with Crippen LogP contribution in [0.4, 0.5) is 0 Å². The number of hydrogen-bond acceptors (Lipinski definition) is 2. The summed E-state index contributed by atoms with van der Waals surface area (Å²) in [6.45, 7) is 27.6. The van der Waals surface area contributed by atoms with Crippen LogP contribution in [-0.4, -0.2) is 16.6 Å². The van der Waals surface area contributed by atoms with Crippen LogP contribution in [0.3, 0.4) is 0 Å². The second-order valence-electron chi connectivity index (χ2n) is 20.6. The molecule has 0 spiro atoms. The fourth-order valence-electron chi connectivity index (χ4n) is 8.73. The van der Waals surface area contributed by atoms with E-state index in [4.69, 9.17) is 25.9 Å². The van der Waals surface area contributed by atoms with Crippen molar-refractivity contribution in [3.05, 3.63) is 177 Å². The van der Waals surface area contributed by atoms with Crippen molar-refractivity contribution in [3.63, 3.8) is 0 Å². The van der Waals surface area contributed by atoms with Crippen LogP contribution in [0, 0.1) is 13.8 Å². The molecule has 0 saturated carbocycles. The topological polar surface area (TPSA) is 18.5 Å². The summed E-state index contributed by atoms with van der Waals surface area (Å²) >= 11 is -0.826. The molecule has 0 N–H and O–H groups in total. The zero-order chi connectivity index (χ0) is 45.5. The first-order valence-electron chi connectivity index (χ1n) is 22.4. The average Bonchev–Trinajstić information content (AvgIpc) is 3.47. The van der Waals surface area contributed by atoms with Crippen LogP contribution >= 0.6 is 17.0 Å². The van der Waals surface area contributed by atoms with E-state index in [-0.39, 0.29) is 21.9 Å². The van der Waals surface area contributed by atoms with Crippen LogP contribution in [0.5, 0.6) is 11.5 Å². The van der Waals surface area contributed by atoms with Crippen molar-refractivity contribution in [2.45, 2.75) is 116 Å². The normalized spacial score (nSPS) is 16.2. The summed E-state index contributed by atoms with van der Waals surface area (Å²) in [6, 6.07) is 32.1. The number of aryl methyl sites for hydroxylation is 2. The second kappa shape index (κ2) is 18.8. The Bertz CT molecular complexity index is 2560. The Morgan fingerprint density at radius 1 is 0.524 bits per heavy atom. The molecule has 0 fully saturated rings. The second-order valence-corrected chi connectivity index (χ2v) is 33.8. The Kier molecular flexibility index (Phi) is 14.2. The van der Waals surface area contributed by atoms with Gasteiger partial charge in [-0.3, -0.25) is 0 Å². The Balaban J connectivity index is 0.00000193. The van der Waals surface area contributed by atoms with Crippen molar-refractivity contribution in [3.8, 4) is 11.5 Å². The first kappa shape index (κ1) is 47.5. The number of fused-ring (bicyclic) bond motifs is 4. The fraction of sp³-hybridized carbons (Fsp3) is 0.321. The van der Waals surface area contributed by atoms with Gasteiger partial charge in [-0.2, -0.15) is 23.3 Å². The third-order valence-corrected chi connectivity index (χ3v) is 23.1. The molecular weight excluding hydrogens is 923 g/mol. The van der Waals surface area contributed by atoms with Gasteiger partial charge in [-0.15, -0.1) is 57.7 Å². The van der Waals surface area contributed by atoms with E-state index in [1.165, 1.54) is 77.2 Å². The van der Waals surface area contributed by atoms with Crippen LogP contribution in [0.25, 0.3) is 33.7 Å². The molecule has 6 aromatic rings. The summed E-state index contributed by atoms with van der Waals surface area (Å²) in [4.78, 5) is 0. The van der Waals surface area contributed by atoms with E-state index in [9.17, 15) is 0 Å². The van der Waals surface area contributed by atoms with E-state index in [0.717, 1.165) is 24.3 Å². The zero-order valence-electron chi connectivity index (χ0n) is 39.3. The van der Waals surface area contributed by atoms with Gasteiger partial charge in [0.05, 0.1) is 0 Å². The van der Waals surface area contributed by atoms with Crippen LogP contribution in [0.2, 0.25) is 36.3 Å². The fourth-order valence-corrected chi connectivity index (χ4v) is 10.8. The Morgan fingerprint density at radius 3 is 1.24 bits per heavy atom. The number of hydrogen-bond donors (Lipinski definition) is 0. The predicted molar refractivity (Wildman–Crippen MR) is 276 cm³/mol. The van der Waals surface area contributed by atoms with Crippen LogP contribution < -0.4 is 8.85 Å². The molecule has 0 saturated heterocycles. The molecular formula is C56H64Cl2O2Si2Zr. The Hall–Kier alpha value is -3.44. The van der Waals surface area contributed by atoms with Gasteiger partial charge in [-0.25, -0.2) is 0 Å². The molecule has 0 amide bonds. The van der Waals surface area contributed by atoms with E-state index < -0.39 is 37.5 Å². The maximum absolute atomic E-state index is 6.66. The van der Waals surface area contributed by atoms with E-state index >= 15 is 0 Å². The van der Waals surface area contributed by atoms with Crippen LogP contribution in [-0.2, 0) is 33.7 Å². The van der Waals surface area contributed by atoms with Crippen molar-refractivity contribution in [2.24, 2.45) is 0 Å². The van der Waals surface area contributed by atoms with Gasteiger partial charge >= 0.3 is 37.9 Å². The summed E-state index contributed by atoms with van der Waals surface area (Å²) < 4.78 is 13.3. The molecule has 8 rings (SSSR count). The number of halogens is 2. The van der Waals surface area contributed by atoms with Gasteiger partial charge in [-0.1, -0.05) is 141 Å². The summed E-state index contributed by atoms with van der Waals surface area (Å²) in [5.41, 5.74) is 14.0. The summed E-state index contributed by atoms with van der Waals surface area (Å²) in [6.07, 6.45) is 20.4. The minimum absolute atomic E-state index is 0.157. The first-order chi connectivity index (χ1) is 29.7. The number of rotatable bonds is 9. The molecule has 0 bridgehead atoms. The molecule has 0 aliphatic heterocycles. The SMILES string of the molecule is Cc1cc2c([c-]1CC[c-]1c(C)cc3c1C=CC=CC3c1ccc3cc(O[Si](C)(C)C(C)(C)C)ccc3c1)C=CC=CC2c1ccc2cc(O[Si](C)(C)C(C)(C)C)ccc2c1.[Cl][Zr+2][Cl]. The Morgan fingerprint density at radius 2 is 0.873 bits per heavy atom. The van der Waals surface area contributed by atoms with E-state index in [1.807, 2.05) is 0 Å². The molecule has 2 unspecified atom stereocenters. The third-order valence-electron chi connectivity index (χ3n) is 14.4. The standard InChI is InChI=1S/C56H64O2Si2.2ClH.Zr/c1-37-31-53-49(43-23-21-41-35-45(27-25-39(41)33-43)57-59(9,10)55(3,4)5)17-13-15-19-51(53)47(37)29-30-48-38(2)32-54-50(18-14-16-20-52(48)54)44-24-22-42-36-46(28-26-40(42)34-44)58-60(11,12)56(6,7)8;;;/h13-28,31-36,49-50H,29-30H2,1-12H3;2*1H;/q-2;;;+4/p-2. The molecule has 2 nitrogen and oxygen atoms in total. The Labute approximate surface area is 398 Å². The van der Waals surface area contributed by atoms with Gasteiger partial charge < -0.3 is 8.85 Å². The number of benzene rings is 4. The summed E-state index contributed by atoms with van der Waals surface area (Å²) in [5, 5.41) is 5.27. The molecule has 0 heterocycles. The van der Waals surface area contributed by atoms with Crippen LogP contribution in [0.1, 0.15) is 109 Å². The van der Waals surface area contributed by atoms with Crippen molar-refractivity contribution < 1.29 is 29.7 Å². The zero-order valence-corrected chi connectivity index (χ0v) is 45.3. The molecule has 63 heavy (non-hydrogen) atoms. The quantitative estimate of drug-likeness (QED) is 0.106. The van der Waals surface area contributed by atoms with E-state index in [2.05, 4.69) is 215 Å². The van der Waals surface area contributed by atoms with Crippen molar-refractivity contribution in [1.82, 2.24) is 0 Å². The summed E-state index contributed by atoms with van der Waals surface area (Å²) in [5.74, 6) is 2.35. The molecule has 7 heteroatoms. The van der Waals surface area contributed by atoms with Gasteiger partial charge in [0, 0.05) is 0 Å². The molecule has 2 atom stereocenters. The molecule has 6 aromatic carbocycles. The summed E-state index contributed by atoms with van der Waals surface area (Å²) in [7, 11) is 6.03. The molecule has 0 aromatic heterocycles. The van der Waals surface area contributed by atoms with Gasteiger partial charge in [0.15, 0.2) is 0 Å². The average molecular weight is 987 g/mol. The van der Waals surface area contributed by atoms with Crippen molar-refractivity contribution in [2.75, 3.05) is 0 Å². The monoisotopic (exact) mass is 984 g/mol. The third kappa shape index (κ3) is 10.2. The molecule has 0 radical (unpaired) electrons. The van der Waals surface area contributed by atoms with Gasteiger partial charge in [0.25, 0.3) is 0 Å². The molecule has 2 aliphatic rings. The van der Waals surface area contributed by atoms with Crippen molar-refractivity contribution in [1.29, 1.82) is 0 Å². The van der Waals surface area contributed by atoms with Gasteiger partial charge in [-0.05, 0) is 105 Å². The maximum atomic E-state index is 6.66. The van der Waals surface area contributed by atoms with Gasteiger partial charge in [0.2, 0.25) is 16.6 Å². The van der Waals surface area contributed by atoms with Crippen molar-refractivity contribution >= 4 is 67.4 Å². The predicted octanol–water partition coefficient (Wildman–Crippen LogP) is 17.4. The minimum atomic E-state index is -1.92. The number of allylic oxidation sites excluding steroid dienone is 6. The first-order valence-corrected chi connectivity index (χ1v) is 34.6. The van der Waals surface area contributed by atoms with Gasteiger partial charge in [0.1, 0.15) is 11.5 Å².